The number of para-hydroxylation sites is 2. The quantitative estimate of drug-likeness (QED) is 0.632. The molecule has 3 rings (SSSR count). The monoisotopic (exact) mass is 251 g/mol. The molecular formula is C13H8F3NO. The van der Waals surface area contributed by atoms with Gasteiger partial charge in [-0.3, -0.25) is 0 Å². The zero-order valence-corrected chi connectivity index (χ0v) is 9.08. The van der Waals surface area contributed by atoms with Gasteiger partial charge in [0.1, 0.15) is 0 Å². The number of ether oxygens (including phenoxy) is 1. The highest BCUT2D eigenvalue weighted by Crippen LogP contribution is 2.43. The van der Waals surface area contributed by atoms with Crippen LogP contribution >= 0.6 is 0 Å². The third kappa shape index (κ3) is 1.77. The minimum Gasteiger partial charge on any atom is -0.453 e. The molecule has 0 radical (unpaired) electrons. The zero-order chi connectivity index (χ0) is 12.8. The van der Waals surface area contributed by atoms with Gasteiger partial charge in [-0.05, 0) is 30.3 Å². The molecule has 2 aromatic rings. The molecule has 0 spiro atoms. The summed E-state index contributed by atoms with van der Waals surface area (Å²) in [6.07, 6.45) is -4.37. The maximum Gasteiger partial charge on any atom is 0.416 e. The Morgan fingerprint density at radius 2 is 1.61 bits per heavy atom. The maximum atomic E-state index is 12.6. The number of hydrogen-bond acceptors (Lipinski definition) is 2. The van der Waals surface area contributed by atoms with Crippen LogP contribution in [0.25, 0.3) is 0 Å². The lowest BCUT2D eigenvalue weighted by molar-refractivity contribution is -0.137. The van der Waals surface area contributed by atoms with Crippen molar-refractivity contribution in [2.75, 3.05) is 5.32 Å². The van der Waals surface area contributed by atoms with Crippen LogP contribution in [-0.4, -0.2) is 0 Å². The standard InChI is InChI=1S/C13H8F3NO/c14-13(15,16)8-5-6-10-12(7-8)18-11-4-2-1-3-9(11)17-10/h1-7,17H. The Morgan fingerprint density at radius 3 is 2.39 bits per heavy atom. The van der Waals surface area contributed by atoms with Crippen molar-refractivity contribution in [2.24, 2.45) is 0 Å². The van der Waals surface area contributed by atoms with Crippen molar-refractivity contribution in [2.45, 2.75) is 6.18 Å². The number of rotatable bonds is 0. The molecule has 0 amide bonds. The van der Waals surface area contributed by atoms with E-state index in [4.69, 9.17) is 4.74 Å². The molecule has 2 aromatic carbocycles. The Kier molecular flexibility index (Phi) is 2.23. The molecule has 2 nitrogen and oxygen atoms in total. The first-order valence-corrected chi connectivity index (χ1v) is 5.29. The van der Waals surface area contributed by atoms with Crippen molar-refractivity contribution in [1.29, 1.82) is 0 Å². The molecule has 18 heavy (non-hydrogen) atoms. The first-order valence-electron chi connectivity index (χ1n) is 5.29. The van der Waals surface area contributed by atoms with Crippen LogP contribution in [0.4, 0.5) is 24.5 Å². The SMILES string of the molecule is FC(F)(F)c1ccc2c(c1)Oc1ccccc1N2. The number of fused-ring (bicyclic) bond motifs is 2. The molecule has 5 heteroatoms. The third-order valence-corrected chi connectivity index (χ3v) is 2.69. The smallest absolute Gasteiger partial charge is 0.416 e. The second-order valence-corrected chi connectivity index (χ2v) is 3.93. The Hall–Kier alpha value is -2.17. The Balaban J connectivity index is 2.04. The molecule has 1 aliphatic rings. The van der Waals surface area contributed by atoms with Crippen LogP contribution in [0.1, 0.15) is 5.56 Å². The summed E-state index contributed by atoms with van der Waals surface area (Å²) >= 11 is 0. The minimum atomic E-state index is -4.37. The van der Waals surface area contributed by atoms with Gasteiger partial charge in [0.2, 0.25) is 0 Å². The highest BCUT2D eigenvalue weighted by Gasteiger charge is 2.32. The van der Waals surface area contributed by atoms with E-state index in [1.54, 1.807) is 18.2 Å². The second kappa shape index (κ2) is 3.66. The van der Waals surface area contributed by atoms with Crippen LogP contribution in [0.5, 0.6) is 11.5 Å². The fraction of sp³-hybridized carbons (Fsp3) is 0.0769. The predicted octanol–water partition coefficient (Wildman–Crippen LogP) is 4.55. The molecular weight excluding hydrogens is 243 g/mol. The van der Waals surface area contributed by atoms with Crippen molar-refractivity contribution in [3.8, 4) is 11.5 Å². The fourth-order valence-corrected chi connectivity index (χ4v) is 1.81. The molecule has 0 aromatic heterocycles. The molecule has 0 unspecified atom stereocenters. The van der Waals surface area contributed by atoms with Gasteiger partial charge in [-0.25, -0.2) is 0 Å². The van der Waals surface area contributed by atoms with Gasteiger partial charge in [0.05, 0.1) is 16.9 Å². The summed E-state index contributed by atoms with van der Waals surface area (Å²) in [5, 5.41) is 3.03. The van der Waals surface area contributed by atoms with Gasteiger partial charge in [-0.2, -0.15) is 13.2 Å². The van der Waals surface area contributed by atoms with Crippen LogP contribution < -0.4 is 10.1 Å². The van der Waals surface area contributed by atoms with Crippen LogP contribution in [0, 0.1) is 0 Å². The zero-order valence-electron chi connectivity index (χ0n) is 9.08. The summed E-state index contributed by atoms with van der Waals surface area (Å²) in [5.41, 5.74) is 0.550. The topological polar surface area (TPSA) is 21.3 Å². The fourth-order valence-electron chi connectivity index (χ4n) is 1.81. The molecule has 0 aliphatic carbocycles. The number of hydrogen-bond donors (Lipinski definition) is 1. The average molecular weight is 251 g/mol. The van der Waals surface area contributed by atoms with Crippen LogP contribution in [0.2, 0.25) is 0 Å². The van der Waals surface area contributed by atoms with Gasteiger partial charge < -0.3 is 10.1 Å². The molecule has 1 N–H and O–H groups in total. The lowest BCUT2D eigenvalue weighted by atomic mass is 10.1. The van der Waals surface area contributed by atoms with Crippen molar-refractivity contribution >= 4 is 11.4 Å². The Labute approximate surface area is 101 Å². The largest absolute Gasteiger partial charge is 0.453 e. The van der Waals surface area contributed by atoms with Crippen LogP contribution in [0.15, 0.2) is 42.5 Å². The van der Waals surface area contributed by atoms with Gasteiger partial charge >= 0.3 is 6.18 Å². The van der Waals surface area contributed by atoms with E-state index in [0.29, 0.717) is 11.4 Å². The summed E-state index contributed by atoms with van der Waals surface area (Å²) < 4.78 is 43.2. The summed E-state index contributed by atoms with van der Waals surface area (Å²) in [5.74, 6) is 0.702. The van der Waals surface area contributed by atoms with E-state index < -0.39 is 11.7 Å². The highest BCUT2D eigenvalue weighted by atomic mass is 19.4. The van der Waals surface area contributed by atoms with E-state index >= 15 is 0 Å². The van der Waals surface area contributed by atoms with Crippen molar-refractivity contribution < 1.29 is 17.9 Å². The summed E-state index contributed by atoms with van der Waals surface area (Å²) in [6.45, 7) is 0. The summed E-state index contributed by atoms with van der Waals surface area (Å²) in [6, 6.07) is 10.5. The average Bonchev–Trinajstić information content (AvgIpc) is 2.34. The van der Waals surface area contributed by atoms with E-state index in [0.717, 1.165) is 17.8 Å². The molecule has 0 saturated heterocycles. The van der Waals surface area contributed by atoms with Crippen LogP contribution in [-0.2, 0) is 6.18 Å². The Morgan fingerprint density at radius 1 is 0.889 bits per heavy atom. The van der Waals surface area contributed by atoms with E-state index in [2.05, 4.69) is 5.32 Å². The maximum absolute atomic E-state index is 12.6. The predicted molar refractivity (Wildman–Crippen MR) is 61.2 cm³/mol. The van der Waals surface area contributed by atoms with Gasteiger partial charge in [0.15, 0.2) is 11.5 Å². The highest BCUT2D eigenvalue weighted by molar-refractivity contribution is 5.75. The van der Waals surface area contributed by atoms with E-state index in [1.165, 1.54) is 6.07 Å². The van der Waals surface area contributed by atoms with E-state index in [9.17, 15) is 13.2 Å². The van der Waals surface area contributed by atoms with Crippen molar-refractivity contribution in [3.05, 3.63) is 48.0 Å². The molecule has 1 heterocycles. The third-order valence-electron chi connectivity index (χ3n) is 2.69. The first kappa shape index (κ1) is 11.0. The molecule has 0 atom stereocenters. The Bertz CT molecular complexity index is 607. The van der Waals surface area contributed by atoms with Gasteiger partial charge in [0, 0.05) is 0 Å². The molecule has 0 saturated carbocycles. The first-order chi connectivity index (χ1) is 8.54. The number of nitrogens with one attached hydrogen (secondary N) is 1. The molecule has 0 bridgehead atoms. The number of halogens is 3. The number of anilines is 2. The van der Waals surface area contributed by atoms with Gasteiger partial charge in [-0.1, -0.05) is 12.1 Å². The summed E-state index contributed by atoms with van der Waals surface area (Å²) in [4.78, 5) is 0. The van der Waals surface area contributed by atoms with Crippen molar-refractivity contribution in [1.82, 2.24) is 0 Å². The lowest BCUT2D eigenvalue weighted by Gasteiger charge is -2.22. The van der Waals surface area contributed by atoms with E-state index in [1.807, 2.05) is 6.07 Å². The normalized spacial score (nSPS) is 13.1. The number of alkyl halides is 3. The minimum absolute atomic E-state index is 0.184. The van der Waals surface area contributed by atoms with E-state index in [-0.39, 0.29) is 5.75 Å². The van der Waals surface area contributed by atoms with Gasteiger partial charge in [-0.15, -0.1) is 0 Å². The lowest BCUT2D eigenvalue weighted by Crippen LogP contribution is -2.08. The molecule has 1 aliphatic heterocycles. The second-order valence-electron chi connectivity index (χ2n) is 3.93. The van der Waals surface area contributed by atoms with Crippen molar-refractivity contribution in [3.63, 3.8) is 0 Å². The van der Waals surface area contributed by atoms with Crippen LogP contribution in [0.3, 0.4) is 0 Å². The molecule has 0 fully saturated rings. The summed E-state index contributed by atoms with van der Waals surface area (Å²) in [7, 11) is 0. The number of benzene rings is 2. The molecule has 92 valence electrons. The van der Waals surface area contributed by atoms with Gasteiger partial charge in [0.25, 0.3) is 0 Å².